The Morgan fingerprint density at radius 3 is 3.11 bits per heavy atom. The molecule has 9 heavy (non-hydrogen) atoms. The van der Waals surface area contributed by atoms with Crippen LogP contribution in [0.4, 0.5) is 0 Å². The van der Waals surface area contributed by atoms with Gasteiger partial charge in [-0.05, 0) is 0 Å². The lowest BCUT2D eigenvalue weighted by Crippen LogP contribution is -2.08. The lowest BCUT2D eigenvalue weighted by Gasteiger charge is -1.94. The van der Waals surface area contributed by atoms with Crippen LogP contribution < -0.4 is 5.73 Å². The minimum absolute atomic E-state index is 0.465. The molecule has 0 spiro atoms. The van der Waals surface area contributed by atoms with E-state index < -0.39 is 6.04 Å². The van der Waals surface area contributed by atoms with Crippen molar-refractivity contribution >= 4 is 0 Å². The molecule has 1 unspecified atom stereocenters. The third-order valence-electron chi connectivity index (χ3n) is 0.908. The van der Waals surface area contributed by atoms with E-state index in [-0.39, 0.29) is 0 Å². The van der Waals surface area contributed by atoms with Gasteiger partial charge in [-0.3, -0.25) is 5.10 Å². The molecule has 0 bridgehead atoms. The summed E-state index contributed by atoms with van der Waals surface area (Å²) in [6.45, 7) is 0. The van der Waals surface area contributed by atoms with Crippen molar-refractivity contribution in [3.8, 4) is 12.3 Å². The lowest BCUT2D eigenvalue weighted by atomic mass is 10.3. The van der Waals surface area contributed by atoms with Crippen molar-refractivity contribution < 1.29 is 0 Å². The number of nitrogens with zero attached hydrogens (tertiary/aromatic N) is 2. The van der Waals surface area contributed by atoms with E-state index in [0.717, 1.165) is 0 Å². The number of terminal acetylenes is 1. The van der Waals surface area contributed by atoms with Crippen LogP contribution in [0.5, 0.6) is 0 Å². The highest BCUT2D eigenvalue weighted by Crippen LogP contribution is 1.97. The fourth-order valence-electron chi connectivity index (χ4n) is 0.444. The SMILES string of the molecule is C#CC(N)c1ncn[nH]1. The fraction of sp³-hybridized carbons (Fsp3) is 0.200. The van der Waals surface area contributed by atoms with E-state index in [0.29, 0.717) is 5.82 Å². The van der Waals surface area contributed by atoms with Crippen LogP contribution in [0.2, 0.25) is 0 Å². The summed E-state index contributed by atoms with van der Waals surface area (Å²) >= 11 is 0. The average molecular weight is 122 g/mol. The van der Waals surface area contributed by atoms with Gasteiger partial charge in [0, 0.05) is 0 Å². The van der Waals surface area contributed by atoms with Gasteiger partial charge < -0.3 is 5.73 Å². The summed E-state index contributed by atoms with van der Waals surface area (Å²) in [5, 5.41) is 6.14. The number of hydrogen-bond acceptors (Lipinski definition) is 3. The van der Waals surface area contributed by atoms with Crippen molar-refractivity contribution in [3.63, 3.8) is 0 Å². The first-order chi connectivity index (χ1) is 4.34. The van der Waals surface area contributed by atoms with Crippen molar-refractivity contribution in [1.82, 2.24) is 15.2 Å². The van der Waals surface area contributed by atoms with Crippen LogP contribution in [0.3, 0.4) is 0 Å². The molecule has 3 N–H and O–H groups in total. The van der Waals surface area contributed by atoms with Crippen molar-refractivity contribution in [2.75, 3.05) is 0 Å². The number of nitrogens with two attached hydrogens (primary N) is 1. The number of aromatic nitrogens is 3. The minimum Gasteiger partial charge on any atom is -0.311 e. The first-order valence-corrected chi connectivity index (χ1v) is 2.41. The number of H-pyrrole nitrogens is 1. The van der Waals surface area contributed by atoms with Crippen LogP contribution >= 0.6 is 0 Å². The Morgan fingerprint density at radius 2 is 2.67 bits per heavy atom. The number of hydrogen-bond donors (Lipinski definition) is 2. The number of nitrogens with one attached hydrogen (secondary N) is 1. The lowest BCUT2D eigenvalue weighted by molar-refractivity contribution is 0.838. The summed E-state index contributed by atoms with van der Waals surface area (Å²) in [6.07, 6.45) is 6.37. The highest BCUT2D eigenvalue weighted by Gasteiger charge is 2.01. The molecule has 0 fully saturated rings. The summed E-state index contributed by atoms with van der Waals surface area (Å²) in [5.41, 5.74) is 5.37. The molecule has 0 aliphatic heterocycles. The fourth-order valence-corrected chi connectivity index (χ4v) is 0.444. The minimum atomic E-state index is -0.465. The molecular formula is C5H6N4. The van der Waals surface area contributed by atoms with Gasteiger partial charge in [0.25, 0.3) is 0 Å². The van der Waals surface area contributed by atoms with Crippen LogP contribution in [0.15, 0.2) is 6.33 Å². The molecule has 1 aromatic heterocycles. The Hall–Kier alpha value is -1.34. The van der Waals surface area contributed by atoms with Crippen molar-refractivity contribution in [1.29, 1.82) is 0 Å². The van der Waals surface area contributed by atoms with Crippen molar-refractivity contribution in [2.45, 2.75) is 6.04 Å². The monoisotopic (exact) mass is 122 g/mol. The Balaban J connectivity index is 2.80. The van der Waals surface area contributed by atoms with Gasteiger partial charge in [-0.1, -0.05) is 5.92 Å². The molecule has 1 rings (SSSR count). The van der Waals surface area contributed by atoms with Crippen LogP contribution in [-0.4, -0.2) is 15.2 Å². The molecule has 0 amide bonds. The molecule has 1 atom stereocenters. The average Bonchev–Trinajstić information content (AvgIpc) is 2.37. The van der Waals surface area contributed by atoms with E-state index in [4.69, 9.17) is 12.2 Å². The van der Waals surface area contributed by atoms with E-state index in [1.807, 2.05) is 0 Å². The normalized spacial score (nSPS) is 12.4. The van der Waals surface area contributed by atoms with E-state index in [1.54, 1.807) is 0 Å². The van der Waals surface area contributed by atoms with Gasteiger partial charge in [0.15, 0.2) is 5.82 Å². The maximum absolute atomic E-state index is 5.37. The zero-order valence-electron chi connectivity index (χ0n) is 4.70. The van der Waals surface area contributed by atoms with Crippen LogP contribution in [0.25, 0.3) is 0 Å². The Kier molecular flexibility index (Phi) is 1.47. The quantitative estimate of drug-likeness (QED) is 0.490. The molecule has 46 valence electrons. The molecule has 4 nitrogen and oxygen atoms in total. The number of rotatable bonds is 1. The highest BCUT2D eigenvalue weighted by atomic mass is 15.2. The second kappa shape index (κ2) is 2.29. The highest BCUT2D eigenvalue weighted by molar-refractivity contribution is 5.07. The van der Waals surface area contributed by atoms with Gasteiger partial charge in [-0.2, -0.15) is 5.10 Å². The third kappa shape index (κ3) is 1.06. The zero-order chi connectivity index (χ0) is 6.69. The molecule has 0 saturated heterocycles. The predicted octanol–water partition coefficient (Wildman–Crippen LogP) is -0.562. The molecule has 0 saturated carbocycles. The van der Waals surface area contributed by atoms with Gasteiger partial charge in [0.1, 0.15) is 12.4 Å². The second-order valence-electron chi connectivity index (χ2n) is 1.52. The summed E-state index contributed by atoms with van der Waals surface area (Å²) in [4.78, 5) is 3.75. The summed E-state index contributed by atoms with van der Waals surface area (Å²) in [5.74, 6) is 2.84. The van der Waals surface area contributed by atoms with Gasteiger partial charge in [0.05, 0.1) is 0 Å². The number of aromatic amines is 1. The topological polar surface area (TPSA) is 67.6 Å². The molecule has 1 aromatic rings. The molecule has 0 radical (unpaired) electrons. The third-order valence-corrected chi connectivity index (χ3v) is 0.908. The Labute approximate surface area is 52.5 Å². The van der Waals surface area contributed by atoms with E-state index in [2.05, 4.69) is 21.1 Å². The molecule has 1 heterocycles. The predicted molar refractivity (Wildman–Crippen MR) is 32.1 cm³/mol. The maximum Gasteiger partial charge on any atom is 0.153 e. The Bertz CT molecular complexity index is 207. The summed E-state index contributed by atoms with van der Waals surface area (Å²) in [7, 11) is 0. The largest absolute Gasteiger partial charge is 0.311 e. The molecule has 0 aliphatic rings. The van der Waals surface area contributed by atoms with Crippen molar-refractivity contribution in [3.05, 3.63) is 12.2 Å². The van der Waals surface area contributed by atoms with E-state index in [1.165, 1.54) is 6.33 Å². The summed E-state index contributed by atoms with van der Waals surface area (Å²) in [6, 6.07) is -0.465. The molecule has 0 aliphatic carbocycles. The van der Waals surface area contributed by atoms with Crippen LogP contribution in [0.1, 0.15) is 11.9 Å². The van der Waals surface area contributed by atoms with E-state index in [9.17, 15) is 0 Å². The Morgan fingerprint density at radius 1 is 1.89 bits per heavy atom. The first-order valence-electron chi connectivity index (χ1n) is 2.41. The van der Waals surface area contributed by atoms with Gasteiger partial charge >= 0.3 is 0 Å². The van der Waals surface area contributed by atoms with Crippen LogP contribution in [0, 0.1) is 12.3 Å². The second-order valence-corrected chi connectivity index (χ2v) is 1.52. The van der Waals surface area contributed by atoms with Gasteiger partial charge in [-0.25, -0.2) is 4.98 Å². The first kappa shape index (κ1) is 5.79. The van der Waals surface area contributed by atoms with E-state index >= 15 is 0 Å². The standard InChI is InChI=1S/C5H6N4/c1-2-4(6)5-7-3-8-9-5/h1,3-4H,6H2,(H,7,8,9). The molecule has 4 heteroatoms. The smallest absolute Gasteiger partial charge is 0.153 e. The van der Waals surface area contributed by atoms with Crippen LogP contribution in [-0.2, 0) is 0 Å². The molecular weight excluding hydrogens is 116 g/mol. The van der Waals surface area contributed by atoms with Gasteiger partial charge in [-0.15, -0.1) is 6.42 Å². The maximum atomic E-state index is 5.37. The summed E-state index contributed by atoms with van der Waals surface area (Å²) < 4.78 is 0. The van der Waals surface area contributed by atoms with Gasteiger partial charge in [0.2, 0.25) is 0 Å². The zero-order valence-corrected chi connectivity index (χ0v) is 4.70. The molecule has 0 aromatic carbocycles. The van der Waals surface area contributed by atoms with Crippen molar-refractivity contribution in [2.24, 2.45) is 5.73 Å².